The van der Waals surface area contributed by atoms with Gasteiger partial charge in [0.05, 0.1) is 26.4 Å². The second kappa shape index (κ2) is 7.43. The van der Waals surface area contributed by atoms with Gasteiger partial charge in [0.15, 0.2) is 0 Å². The van der Waals surface area contributed by atoms with Gasteiger partial charge in [-0.3, -0.25) is 9.69 Å². The maximum atomic E-state index is 12.3. The fourth-order valence-electron chi connectivity index (χ4n) is 2.48. The van der Waals surface area contributed by atoms with Gasteiger partial charge in [-0.05, 0) is 24.6 Å². The van der Waals surface area contributed by atoms with E-state index in [4.69, 9.17) is 9.47 Å². The molecule has 1 aliphatic heterocycles. The molecule has 1 heterocycles. The number of ether oxygens (including phenoxy) is 2. The number of rotatable bonds is 5. The van der Waals surface area contributed by atoms with Crippen LogP contribution in [0.2, 0.25) is 0 Å². The van der Waals surface area contributed by atoms with Gasteiger partial charge in [0.25, 0.3) is 0 Å². The Morgan fingerprint density at radius 3 is 3.05 bits per heavy atom. The number of likely N-dealkylation sites (N-methyl/N-ethyl adjacent to an activating group) is 1. The van der Waals surface area contributed by atoms with Crippen molar-refractivity contribution in [3.8, 4) is 5.75 Å². The summed E-state index contributed by atoms with van der Waals surface area (Å²) in [5.41, 5.74) is 1.07. The number of carbonyl (C=O) groups is 1. The summed E-state index contributed by atoms with van der Waals surface area (Å²) < 4.78 is 10.7. The predicted molar refractivity (Wildman–Crippen MR) is 81.3 cm³/mol. The third-order valence-electron chi connectivity index (χ3n) is 3.66. The zero-order valence-electron chi connectivity index (χ0n) is 13.0. The number of nitrogens with zero attached hydrogens (tertiary/aromatic N) is 2. The smallest absolute Gasteiger partial charge is 0.236 e. The Labute approximate surface area is 126 Å². The third kappa shape index (κ3) is 4.72. The Bertz CT molecular complexity index is 478. The summed E-state index contributed by atoms with van der Waals surface area (Å²) in [6, 6.07) is 7.81. The SMILES string of the molecule is COc1cccc(CN(C)C(=O)CN2CCOC(C)C2)c1. The molecule has 2 rings (SSSR count). The minimum atomic E-state index is 0.131. The Morgan fingerprint density at radius 1 is 1.52 bits per heavy atom. The lowest BCUT2D eigenvalue weighted by Crippen LogP contribution is -2.46. The summed E-state index contributed by atoms with van der Waals surface area (Å²) in [7, 11) is 3.49. The molecule has 0 spiro atoms. The van der Waals surface area contributed by atoms with Crippen LogP contribution in [0.25, 0.3) is 0 Å². The lowest BCUT2D eigenvalue weighted by Gasteiger charge is -2.31. The quantitative estimate of drug-likeness (QED) is 0.822. The van der Waals surface area contributed by atoms with Gasteiger partial charge in [-0.1, -0.05) is 12.1 Å². The molecule has 1 amide bonds. The van der Waals surface area contributed by atoms with Gasteiger partial charge in [0.1, 0.15) is 5.75 Å². The number of morpholine rings is 1. The van der Waals surface area contributed by atoms with Crippen LogP contribution in [-0.2, 0) is 16.1 Å². The van der Waals surface area contributed by atoms with E-state index in [1.54, 1.807) is 12.0 Å². The maximum Gasteiger partial charge on any atom is 0.236 e. The molecule has 0 aliphatic carbocycles. The molecule has 1 fully saturated rings. The number of amides is 1. The summed E-state index contributed by atoms with van der Waals surface area (Å²) in [5.74, 6) is 0.947. The molecule has 1 unspecified atom stereocenters. The van der Waals surface area contributed by atoms with E-state index in [9.17, 15) is 4.79 Å². The average molecular weight is 292 g/mol. The predicted octanol–water partition coefficient (Wildman–Crippen LogP) is 1.37. The van der Waals surface area contributed by atoms with Crippen molar-refractivity contribution in [2.24, 2.45) is 0 Å². The Morgan fingerprint density at radius 2 is 2.33 bits per heavy atom. The highest BCUT2D eigenvalue weighted by Gasteiger charge is 2.20. The van der Waals surface area contributed by atoms with Crippen molar-refractivity contribution in [2.75, 3.05) is 40.4 Å². The normalized spacial score (nSPS) is 19.3. The molecule has 1 saturated heterocycles. The van der Waals surface area contributed by atoms with Crippen LogP contribution in [-0.4, -0.2) is 62.2 Å². The van der Waals surface area contributed by atoms with E-state index < -0.39 is 0 Å². The average Bonchev–Trinajstić information content (AvgIpc) is 2.47. The number of carbonyl (C=O) groups excluding carboxylic acids is 1. The topological polar surface area (TPSA) is 42.0 Å². The summed E-state index contributed by atoms with van der Waals surface area (Å²) in [4.78, 5) is 16.2. The van der Waals surface area contributed by atoms with Crippen molar-refractivity contribution in [1.29, 1.82) is 0 Å². The van der Waals surface area contributed by atoms with E-state index in [1.807, 2.05) is 38.2 Å². The Hall–Kier alpha value is -1.59. The lowest BCUT2D eigenvalue weighted by atomic mass is 10.2. The molecular formula is C16H24N2O3. The summed E-state index contributed by atoms with van der Waals surface area (Å²) in [6.45, 7) is 5.43. The first kappa shape index (κ1) is 15.8. The first-order valence-electron chi connectivity index (χ1n) is 7.29. The van der Waals surface area contributed by atoms with Crippen LogP contribution in [0, 0.1) is 0 Å². The lowest BCUT2D eigenvalue weighted by molar-refractivity contribution is -0.133. The van der Waals surface area contributed by atoms with Crippen molar-refractivity contribution in [1.82, 2.24) is 9.80 Å². The van der Waals surface area contributed by atoms with Gasteiger partial charge in [0, 0.05) is 26.7 Å². The van der Waals surface area contributed by atoms with Crippen LogP contribution in [0.5, 0.6) is 5.75 Å². The van der Waals surface area contributed by atoms with E-state index in [2.05, 4.69) is 4.90 Å². The molecule has 1 aliphatic rings. The summed E-state index contributed by atoms with van der Waals surface area (Å²) in [6.07, 6.45) is 0.204. The molecule has 1 aromatic carbocycles. The van der Waals surface area contributed by atoms with Crippen molar-refractivity contribution in [2.45, 2.75) is 19.6 Å². The fraction of sp³-hybridized carbons (Fsp3) is 0.562. The van der Waals surface area contributed by atoms with Gasteiger partial charge >= 0.3 is 0 Å². The zero-order valence-corrected chi connectivity index (χ0v) is 13.0. The van der Waals surface area contributed by atoms with Gasteiger partial charge in [-0.2, -0.15) is 0 Å². The van der Waals surface area contributed by atoms with E-state index in [1.165, 1.54) is 0 Å². The van der Waals surface area contributed by atoms with Crippen LogP contribution in [0.3, 0.4) is 0 Å². The van der Waals surface area contributed by atoms with E-state index >= 15 is 0 Å². The molecule has 116 valence electrons. The molecule has 0 saturated carbocycles. The molecule has 0 bridgehead atoms. The van der Waals surface area contributed by atoms with Crippen molar-refractivity contribution < 1.29 is 14.3 Å². The molecule has 0 aromatic heterocycles. The van der Waals surface area contributed by atoms with Gasteiger partial charge in [-0.25, -0.2) is 0 Å². The minimum Gasteiger partial charge on any atom is -0.497 e. The third-order valence-corrected chi connectivity index (χ3v) is 3.66. The van der Waals surface area contributed by atoms with E-state index in [-0.39, 0.29) is 12.0 Å². The number of methoxy groups -OCH3 is 1. The number of hydrogen-bond donors (Lipinski definition) is 0. The first-order valence-corrected chi connectivity index (χ1v) is 7.29. The number of benzene rings is 1. The van der Waals surface area contributed by atoms with Crippen LogP contribution in [0.15, 0.2) is 24.3 Å². The van der Waals surface area contributed by atoms with Crippen LogP contribution in [0.1, 0.15) is 12.5 Å². The van der Waals surface area contributed by atoms with Crippen molar-refractivity contribution in [3.63, 3.8) is 0 Å². The monoisotopic (exact) mass is 292 g/mol. The van der Waals surface area contributed by atoms with Crippen LogP contribution >= 0.6 is 0 Å². The summed E-state index contributed by atoms with van der Waals surface area (Å²) in [5, 5.41) is 0. The van der Waals surface area contributed by atoms with E-state index in [0.29, 0.717) is 19.7 Å². The molecule has 0 N–H and O–H groups in total. The fourth-order valence-corrected chi connectivity index (χ4v) is 2.48. The first-order chi connectivity index (χ1) is 10.1. The second-order valence-corrected chi connectivity index (χ2v) is 5.52. The number of hydrogen-bond acceptors (Lipinski definition) is 4. The van der Waals surface area contributed by atoms with Crippen LogP contribution < -0.4 is 4.74 Å². The van der Waals surface area contributed by atoms with Crippen molar-refractivity contribution >= 4 is 5.91 Å². The molecule has 0 radical (unpaired) electrons. The highest BCUT2D eigenvalue weighted by atomic mass is 16.5. The molecule has 5 heteroatoms. The molecule has 21 heavy (non-hydrogen) atoms. The van der Waals surface area contributed by atoms with E-state index in [0.717, 1.165) is 24.4 Å². The standard InChI is InChI=1S/C16H24N2O3/c1-13-10-18(7-8-21-13)12-16(19)17(2)11-14-5-4-6-15(9-14)20-3/h4-6,9,13H,7-8,10-12H2,1-3H3. The van der Waals surface area contributed by atoms with Crippen LogP contribution in [0.4, 0.5) is 0 Å². The molecule has 1 aromatic rings. The largest absolute Gasteiger partial charge is 0.497 e. The molecule has 5 nitrogen and oxygen atoms in total. The zero-order chi connectivity index (χ0) is 15.2. The highest BCUT2D eigenvalue weighted by molar-refractivity contribution is 5.78. The Kier molecular flexibility index (Phi) is 5.59. The summed E-state index contributed by atoms with van der Waals surface area (Å²) >= 11 is 0. The maximum absolute atomic E-state index is 12.3. The minimum absolute atomic E-state index is 0.131. The highest BCUT2D eigenvalue weighted by Crippen LogP contribution is 2.14. The second-order valence-electron chi connectivity index (χ2n) is 5.52. The van der Waals surface area contributed by atoms with Gasteiger partial charge in [0.2, 0.25) is 5.91 Å². The van der Waals surface area contributed by atoms with Gasteiger partial charge < -0.3 is 14.4 Å². The molecule has 1 atom stereocenters. The molecular weight excluding hydrogens is 268 g/mol. The Balaban J connectivity index is 1.86. The van der Waals surface area contributed by atoms with Crippen molar-refractivity contribution in [3.05, 3.63) is 29.8 Å². The van der Waals surface area contributed by atoms with Gasteiger partial charge in [-0.15, -0.1) is 0 Å².